The first-order valence-electron chi connectivity index (χ1n) is 6.28. The number of aryl methyl sites for hydroxylation is 2. The smallest absolute Gasteiger partial charge is 0.127 e. The van der Waals surface area contributed by atoms with Gasteiger partial charge in [-0.25, -0.2) is 0 Å². The molecule has 18 heavy (non-hydrogen) atoms. The Balaban J connectivity index is 1.92. The Kier molecular flexibility index (Phi) is 2.71. The van der Waals surface area contributed by atoms with E-state index in [0.717, 1.165) is 24.2 Å². The van der Waals surface area contributed by atoms with Gasteiger partial charge < -0.3 is 9.84 Å². The van der Waals surface area contributed by atoms with E-state index in [4.69, 9.17) is 4.74 Å². The molecule has 2 aromatic carbocycles. The molecule has 1 heterocycles. The molecule has 1 aliphatic rings. The highest BCUT2D eigenvalue weighted by atomic mass is 16.5. The van der Waals surface area contributed by atoms with Crippen LogP contribution in [0.15, 0.2) is 42.5 Å². The summed E-state index contributed by atoms with van der Waals surface area (Å²) >= 11 is 0. The molecule has 0 saturated heterocycles. The van der Waals surface area contributed by atoms with Crippen LogP contribution in [-0.4, -0.2) is 5.11 Å². The van der Waals surface area contributed by atoms with Crippen molar-refractivity contribution in [2.24, 2.45) is 0 Å². The normalized spacial score (nSPS) is 17.9. The third-order valence-corrected chi connectivity index (χ3v) is 3.50. The predicted molar refractivity (Wildman–Crippen MR) is 71.0 cm³/mol. The quantitative estimate of drug-likeness (QED) is 0.822. The molecule has 1 N–H and O–H groups in total. The molecule has 1 atom stereocenters. The molecule has 0 aromatic heterocycles. The summed E-state index contributed by atoms with van der Waals surface area (Å²) in [6.07, 6.45) is 2.08. The van der Waals surface area contributed by atoms with Crippen LogP contribution in [0.1, 0.15) is 29.2 Å². The summed E-state index contributed by atoms with van der Waals surface area (Å²) < 4.78 is 5.99. The van der Waals surface area contributed by atoms with Crippen LogP contribution in [0.2, 0.25) is 0 Å². The first kappa shape index (κ1) is 11.1. The second-order valence-corrected chi connectivity index (χ2v) is 4.80. The second-order valence-electron chi connectivity index (χ2n) is 4.80. The van der Waals surface area contributed by atoms with Gasteiger partial charge in [-0.3, -0.25) is 0 Å². The van der Waals surface area contributed by atoms with Gasteiger partial charge in [-0.2, -0.15) is 0 Å². The minimum Gasteiger partial charge on any atom is -0.508 e. The van der Waals surface area contributed by atoms with Crippen molar-refractivity contribution < 1.29 is 9.84 Å². The number of rotatable bonds is 1. The topological polar surface area (TPSA) is 29.5 Å². The molecule has 0 amide bonds. The summed E-state index contributed by atoms with van der Waals surface area (Å²) in [4.78, 5) is 0. The van der Waals surface area contributed by atoms with Crippen molar-refractivity contribution in [3.8, 4) is 11.5 Å². The number of benzene rings is 2. The lowest BCUT2D eigenvalue weighted by atomic mass is 9.96. The van der Waals surface area contributed by atoms with Gasteiger partial charge in [0, 0.05) is 6.07 Å². The van der Waals surface area contributed by atoms with Gasteiger partial charge in [-0.05, 0) is 42.5 Å². The number of phenolic OH excluding ortho intramolecular Hbond substituents is 1. The van der Waals surface area contributed by atoms with Crippen molar-refractivity contribution in [2.45, 2.75) is 25.9 Å². The van der Waals surface area contributed by atoms with Crippen molar-refractivity contribution in [3.05, 3.63) is 59.2 Å². The zero-order valence-corrected chi connectivity index (χ0v) is 10.4. The molecule has 0 saturated carbocycles. The van der Waals surface area contributed by atoms with E-state index < -0.39 is 0 Å². The zero-order chi connectivity index (χ0) is 12.5. The van der Waals surface area contributed by atoms with Crippen LogP contribution in [-0.2, 0) is 6.42 Å². The fraction of sp³-hybridized carbons (Fsp3) is 0.250. The third kappa shape index (κ3) is 1.94. The maximum Gasteiger partial charge on any atom is 0.127 e. The predicted octanol–water partition coefficient (Wildman–Crippen LogP) is 3.77. The lowest BCUT2D eigenvalue weighted by molar-refractivity contribution is 0.176. The molecule has 0 radical (unpaired) electrons. The van der Waals surface area contributed by atoms with Crippen LogP contribution < -0.4 is 4.74 Å². The van der Waals surface area contributed by atoms with Crippen molar-refractivity contribution in [2.75, 3.05) is 0 Å². The molecule has 1 aliphatic heterocycles. The van der Waals surface area contributed by atoms with Crippen LogP contribution >= 0.6 is 0 Å². The number of aromatic hydroxyl groups is 1. The number of hydrogen-bond acceptors (Lipinski definition) is 2. The van der Waals surface area contributed by atoms with E-state index in [2.05, 4.69) is 12.1 Å². The summed E-state index contributed by atoms with van der Waals surface area (Å²) in [7, 11) is 0. The first-order valence-corrected chi connectivity index (χ1v) is 6.28. The Morgan fingerprint density at radius 2 is 1.94 bits per heavy atom. The maximum atomic E-state index is 9.75. The Bertz CT molecular complexity index is 561. The van der Waals surface area contributed by atoms with Crippen LogP contribution in [0.3, 0.4) is 0 Å². The Morgan fingerprint density at radius 1 is 1.17 bits per heavy atom. The van der Waals surface area contributed by atoms with Gasteiger partial charge in [0.2, 0.25) is 0 Å². The number of hydrogen-bond donors (Lipinski definition) is 1. The van der Waals surface area contributed by atoms with E-state index in [1.54, 1.807) is 6.07 Å². The molecular formula is C16H16O2. The van der Waals surface area contributed by atoms with E-state index in [-0.39, 0.29) is 6.10 Å². The summed E-state index contributed by atoms with van der Waals surface area (Å²) in [5, 5.41) is 9.75. The van der Waals surface area contributed by atoms with Crippen LogP contribution in [0.4, 0.5) is 0 Å². The molecule has 0 fully saturated rings. The first-order chi connectivity index (χ1) is 8.74. The van der Waals surface area contributed by atoms with Crippen molar-refractivity contribution >= 4 is 0 Å². The molecule has 2 aromatic rings. The highest BCUT2D eigenvalue weighted by Gasteiger charge is 2.22. The summed E-state index contributed by atoms with van der Waals surface area (Å²) in [6, 6.07) is 14.0. The Hall–Kier alpha value is -1.96. The molecule has 0 aliphatic carbocycles. The van der Waals surface area contributed by atoms with E-state index in [9.17, 15) is 5.11 Å². The zero-order valence-electron chi connectivity index (χ0n) is 10.4. The SMILES string of the molecule is Cc1cc2c(cc1O)OC(c1ccccc1)CC2. The van der Waals surface area contributed by atoms with E-state index in [0.29, 0.717) is 5.75 Å². The number of ether oxygens (including phenoxy) is 1. The Labute approximate surface area is 107 Å². The highest BCUT2D eigenvalue weighted by molar-refractivity contribution is 5.46. The fourth-order valence-corrected chi connectivity index (χ4v) is 2.44. The van der Waals surface area contributed by atoms with Crippen LogP contribution in [0.25, 0.3) is 0 Å². The number of phenols is 1. The van der Waals surface area contributed by atoms with E-state index in [1.165, 1.54) is 11.1 Å². The van der Waals surface area contributed by atoms with Crippen molar-refractivity contribution in [1.29, 1.82) is 0 Å². The molecule has 2 nitrogen and oxygen atoms in total. The monoisotopic (exact) mass is 240 g/mol. The molecule has 0 bridgehead atoms. The van der Waals surface area contributed by atoms with Crippen LogP contribution in [0.5, 0.6) is 11.5 Å². The molecule has 1 unspecified atom stereocenters. The van der Waals surface area contributed by atoms with E-state index >= 15 is 0 Å². The van der Waals surface area contributed by atoms with E-state index in [1.807, 2.05) is 31.2 Å². The largest absolute Gasteiger partial charge is 0.508 e. The Morgan fingerprint density at radius 3 is 2.72 bits per heavy atom. The molecule has 92 valence electrons. The van der Waals surface area contributed by atoms with Gasteiger partial charge in [0.15, 0.2) is 0 Å². The standard InChI is InChI=1S/C16H16O2/c1-11-9-13-7-8-15(12-5-3-2-4-6-12)18-16(13)10-14(11)17/h2-6,9-10,15,17H,7-8H2,1H3. The molecule has 0 spiro atoms. The number of fused-ring (bicyclic) bond motifs is 1. The minimum atomic E-state index is 0.0980. The van der Waals surface area contributed by atoms with Gasteiger partial charge in [0.1, 0.15) is 17.6 Å². The molecular weight excluding hydrogens is 224 g/mol. The molecule has 2 heteroatoms. The lowest BCUT2D eigenvalue weighted by Gasteiger charge is -2.27. The average Bonchev–Trinajstić information content (AvgIpc) is 2.41. The minimum absolute atomic E-state index is 0.0980. The highest BCUT2D eigenvalue weighted by Crippen LogP contribution is 2.37. The summed E-state index contributed by atoms with van der Waals surface area (Å²) in [5.74, 6) is 1.13. The van der Waals surface area contributed by atoms with Gasteiger partial charge in [-0.1, -0.05) is 30.3 Å². The van der Waals surface area contributed by atoms with Gasteiger partial charge in [-0.15, -0.1) is 0 Å². The van der Waals surface area contributed by atoms with Gasteiger partial charge >= 0.3 is 0 Å². The molecule has 3 rings (SSSR count). The summed E-state index contributed by atoms with van der Waals surface area (Å²) in [6.45, 7) is 1.92. The average molecular weight is 240 g/mol. The second kappa shape index (κ2) is 4.37. The van der Waals surface area contributed by atoms with Gasteiger partial charge in [0.05, 0.1) is 0 Å². The van der Waals surface area contributed by atoms with Gasteiger partial charge in [0.25, 0.3) is 0 Å². The fourth-order valence-electron chi connectivity index (χ4n) is 2.44. The third-order valence-electron chi connectivity index (χ3n) is 3.50. The lowest BCUT2D eigenvalue weighted by Crippen LogP contribution is -2.15. The van der Waals surface area contributed by atoms with Crippen LogP contribution in [0, 0.1) is 6.92 Å². The van der Waals surface area contributed by atoms with Crippen molar-refractivity contribution in [3.63, 3.8) is 0 Å². The maximum absolute atomic E-state index is 9.75. The van der Waals surface area contributed by atoms with Crippen molar-refractivity contribution in [1.82, 2.24) is 0 Å². The summed E-state index contributed by atoms with van der Waals surface area (Å²) in [5.41, 5.74) is 3.30.